The van der Waals surface area contributed by atoms with Crippen LogP contribution >= 0.6 is 0 Å². The van der Waals surface area contributed by atoms with Crippen LogP contribution in [0.1, 0.15) is 50.3 Å². The molecule has 1 aromatic rings. The number of piperidine rings is 1. The van der Waals surface area contributed by atoms with E-state index in [0.29, 0.717) is 6.04 Å². The summed E-state index contributed by atoms with van der Waals surface area (Å²) in [4.78, 5) is 11.6. The Kier molecular flexibility index (Phi) is 4.51. The molecule has 1 aromatic heterocycles. The summed E-state index contributed by atoms with van der Waals surface area (Å²) in [5, 5.41) is 3.66. The highest BCUT2D eigenvalue weighted by Crippen LogP contribution is 2.28. The highest BCUT2D eigenvalue weighted by atomic mass is 15.2. The second-order valence-electron chi connectivity index (χ2n) is 6.07. The first kappa shape index (κ1) is 13.8. The summed E-state index contributed by atoms with van der Waals surface area (Å²) < 4.78 is 0. The van der Waals surface area contributed by atoms with E-state index in [1.165, 1.54) is 55.7 Å². The molecular weight excluding hydrogens is 248 g/mol. The van der Waals surface area contributed by atoms with Crippen molar-refractivity contribution in [2.24, 2.45) is 0 Å². The van der Waals surface area contributed by atoms with Gasteiger partial charge < -0.3 is 10.2 Å². The monoisotopic (exact) mass is 274 g/mol. The van der Waals surface area contributed by atoms with Crippen molar-refractivity contribution >= 4 is 5.82 Å². The first-order chi connectivity index (χ1) is 9.88. The van der Waals surface area contributed by atoms with Crippen LogP contribution in [0.25, 0.3) is 0 Å². The molecule has 2 aliphatic rings. The Morgan fingerprint density at radius 2 is 2.20 bits per heavy atom. The van der Waals surface area contributed by atoms with E-state index in [1.54, 1.807) is 6.33 Å². The lowest BCUT2D eigenvalue weighted by molar-refractivity contribution is 0.398. The maximum Gasteiger partial charge on any atom is 0.135 e. The van der Waals surface area contributed by atoms with Gasteiger partial charge in [0.1, 0.15) is 12.1 Å². The fourth-order valence-electron chi connectivity index (χ4n) is 3.51. The molecular formula is C16H26N4. The van der Waals surface area contributed by atoms with Gasteiger partial charge in [0.2, 0.25) is 0 Å². The zero-order chi connectivity index (χ0) is 13.8. The van der Waals surface area contributed by atoms with Crippen molar-refractivity contribution in [1.82, 2.24) is 15.3 Å². The predicted molar refractivity (Wildman–Crippen MR) is 82.2 cm³/mol. The summed E-state index contributed by atoms with van der Waals surface area (Å²) >= 11 is 0. The molecule has 1 N–H and O–H groups in total. The van der Waals surface area contributed by atoms with E-state index in [-0.39, 0.29) is 0 Å². The number of anilines is 1. The van der Waals surface area contributed by atoms with Gasteiger partial charge in [0.15, 0.2) is 0 Å². The molecule has 1 atom stereocenters. The standard InChI is InChI=1S/C16H26N4/c1-2-10-20(11-13-6-3-4-9-17-13)16-14-7-5-8-15(14)18-12-19-16/h12-13,17H,2-11H2,1H3. The van der Waals surface area contributed by atoms with Crippen LogP contribution in [0.15, 0.2) is 6.33 Å². The second-order valence-corrected chi connectivity index (χ2v) is 6.07. The molecule has 0 radical (unpaired) electrons. The van der Waals surface area contributed by atoms with Crippen LogP contribution in [0.3, 0.4) is 0 Å². The molecule has 1 saturated heterocycles. The second kappa shape index (κ2) is 6.53. The van der Waals surface area contributed by atoms with Crippen LogP contribution in [-0.2, 0) is 12.8 Å². The molecule has 1 aliphatic heterocycles. The number of hydrogen-bond acceptors (Lipinski definition) is 4. The molecule has 0 spiro atoms. The number of aromatic nitrogens is 2. The van der Waals surface area contributed by atoms with Crippen molar-refractivity contribution in [1.29, 1.82) is 0 Å². The predicted octanol–water partition coefficient (Wildman–Crippen LogP) is 2.32. The fraction of sp³-hybridized carbons (Fsp3) is 0.750. The molecule has 0 aromatic carbocycles. The van der Waals surface area contributed by atoms with Gasteiger partial charge in [-0.1, -0.05) is 13.3 Å². The van der Waals surface area contributed by atoms with Gasteiger partial charge >= 0.3 is 0 Å². The molecule has 0 amide bonds. The van der Waals surface area contributed by atoms with Crippen LogP contribution in [0, 0.1) is 0 Å². The SMILES string of the molecule is CCCN(CC1CCCCN1)c1ncnc2c1CCC2. The Bertz CT molecular complexity index is 440. The summed E-state index contributed by atoms with van der Waals surface area (Å²) in [6, 6.07) is 0.627. The summed E-state index contributed by atoms with van der Waals surface area (Å²) in [5.74, 6) is 1.21. The Morgan fingerprint density at radius 3 is 3.00 bits per heavy atom. The van der Waals surface area contributed by atoms with Gasteiger partial charge in [0.05, 0.1) is 0 Å². The highest BCUT2D eigenvalue weighted by molar-refractivity contribution is 5.50. The zero-order valence-corrected chi connectivity index (χ0v) is 12.6. The minimum absolute atomic E-state index is 0.627. The van der Waals surface area contributed by atoms with Gasteiger partial charge in [-0.05, 0) is 45.1 Å². The van der Waals surface area contributed by atoms with Gasteiger partial charge in [-0.25, -0.2) is 9.97 Å². The molecule has 4 heteroatoms. The molecule has 1 aliphatic carbocycles. The lowest BCUT2D eigenvalue weighted by Gasteiger charge is -2.32. The number of nitrogens with one attached hydrogen (secondary N) is 1. The largest absolute Gasteiger partial charge is 0.355 e. The van der Waals surface area contributed by atoms with E-state index in [2.05, 4.69) is 27.1 Å². The summed E-state index contributed by atoms with van der Waals surface area (Å²) in [6.45, 7) is 5.62. The number of hydrogen-bond donors (Lipinski definition) is 1. The maximum atomic E-state index is 4.62. The van der Waals surface area contributed by atoms with Crippen molar-refractivity contribution in [2.75, 3.05) is 24.5 Å². The molecule has 0 saturated carbocycles. The third-order valence-electron chi connectivity index (χ3n) is 4.50. The lowest BCUT2D eigenvalue weighted by Crippen LogP contribution is -2.44. The number of fused-ring (bicyclic) bond motifs is 1. The van der Waals surface area contributed by atoms with Crippen LogP contribution < -0.4 is 10.2 Å². The van der Waals surface area contributed by atoms with Gasteiger partial charge in [0, 0.05) is 30.4 Å². The molecule has 0 bridgehead atoms. The Morgan fingerprint density at radius 1 is 1.25 bits per heavy atom. The topological polar surface area (TPSA) is 41.0 Å². The number of aryl methyl sites for hydroxylation is 1. The van der Waals surface area contributed by atoms with Crippen LogP contribution in [0.2, 0.25) is 0 Å². The maximum absolute atomic E-state index is 4.62. The van der Waals surface area contributed by atoms with Crippen molar-refractivity contribution in [3.8, 4) is 0 Å². The van der Waals surface area contributed by atoms with E-state index in [9.17, 15) is 0 Å². The molecule has 20 heavy (non-hydrogen) atoms. The first-order valence-electron chi connectivity index (χ1n) is 8.19. The van der Waals surface area contributed by atoms with Crippen molar-refractivity contribution in [2.45, 2.75) is 57.9 Å². The highest BCUT2D eigenvalue weighted by Gasteiger charge is 2.23. The average Bonchev–Trinajstić information content (AvgIpc) is 2.96. The Balaban J connectivity index is 1.77. The Labute approximate surface area is 122 Å². The van der Waals surface area contributed by atoms with E-state index in [0.717, 1.165) is 25.9 Å². The summed E-state index contributed by atoms with van der Waals surface area (Å²) in [5.41, 5.74) is 2.70. The fourth-order valence-corrected chi connectivity index (χ4v) is 3.51. The van der Waals surface area contributed by atoms with Crippen molar-refractivity contribution < 1.29 is 0 Å². The van der Waals surface area contributed by atoms with Crippen LogP contribution in [-0.4, -0.2) is 35.6 Å². The van der Waals surface area contributed by atoms with Gasteiger partial charge in [-0.15, -0.1) is 0 Å². The van der Waals surface area contributed by atoms with Crippen molar-refractivity contribution in [3.63, 3.8) is 0 Å². The normalized spacial score (nSPS) is 21.8. The molecule has 2 heterocycles. The minimum atomic E-state index is 0.627. The van der Waals surface area contributed by atoms with E-state index in [1.807, 2.05) is 0 Å². The third-order valence-corrected chi connectivity index (χ3v) is 4.50. The lowest BCUT2D eigenvalue weighted by atomic mass is 10.0. The molecule has 110 valence electrons. The van der Waals surface area contributed by atoms with Gasteiger partial charge in [-0.3, -0.25) is 0 Å². The summed E-state index contributed by atoms with van der Waals surface area (Å²) in [7, 11) is 0. The average molecular weight is 274 g/mol. The van der Waals surface area contributed by atoms with Gasteiger partial charge in [-0.2, -0.15) is 0 Å². The first-order valence-corrected chi connectivity index (χ1v) is 8.19. The molecule has 1 unspecified atom stereocenters. The zero-order valence-electron chi connectivity index (χ0n) is 12.6. The summed E-state index contributed by atoms with van der Waals surface area (Å²) in [6.07, 6.45) is 10.4. The quantitative estimate of drug-likeness (QED) is 0.894. The molecule has 1 fully saturated rings. The Hall–Kier alpha value is -1.16. The van der Waals surface area contributed by atoms with E-state index in [4.69, 9.17) is 0 Å². The van der Waals surface area contributed by atoms with E-state index >= 15 is 0 Å². The molecule has 4 nitrogen and oxygen atoms in total. The van der Waals surface area contributed by atoms with Crippen molar-refractivity contribution in [3.05, 3.63) is 17.6 Å². The third kappa shape index (κ3) is 2.95. The smallest absolute Gasteiger partial charge is 0.135 e. The molecule has 3 rings (SSSR count). The number of nitrogens with zero attached hydrogens (tertiary/aromatic N) is 3. The number of rotatable bonds is 5. The van der Waals surface area contributed by atoms with Crippen LogP contribution in [0.5, 0.6) is 0 Å². The minimum Gasteiger partial charge on any atom is -0.355 e. The van der Waals surface area contributed by atoms with Crippen LogP contribution in [0.4, 0.5) is 5.82 Å². The van der Waals surface area contributed by atoms with Gasteiger partial charge in [0.25, 0.3) is 0 Å². The van der Waals surface area contributed by atoms with E-state index < -0.39 is 0 Å².